The number of rotatable bonds is 8. The Bertz CT molecular complexity index is 962. The van der Waals surface area contributed by atoms with Gasteiger partial charge in [-0.3, -0.25) is 19.8 Å². The zero-order valence-corrected chi connectivity index (χ0v) is 18.5. The minimum Gasteiger partial charge on any atom is -0.481 e. The van der Waals surface area contributed by atoms with Gasteiger partial charge in [0.1, 0.15) is 5.82 Å². The lowest BCUT2D eigenvalue weighted by molar-refractivity contribution is -0.133. The van der Waals surface area contributed by atoms with Gasteiger partial charge in [0.2, 0.25) is 5.91 Å². The zero-order chi connectivity index (χ0) is 22.4. The van der Waals surface area contributed by atoms with Crippen molar-refractivity contribution >= 4 is 57.5 Å². The quantitative estimate of drug-likeness (QED) is 0.489. The van der Waals surface area contributed by atoms with Crippen LogP contribution < -0.4 is 15.5 Å². The molecule has 0 atom stereocenters. The minimum atomic E-state index is -0.932. The van der Waals surface area contributed by atoms with Crippen LogP contribution >= 0.6 is 23.1 Å². The molecule has 1 aromatic carbocycles. The predicted octanol–water partition coefficient (Wildman–Crippen LogP) is 4.65. The number of carbonyl (C=O) groups excluding carboxylic acids is 2. The smallest absolute Gasteiger partial charge is 0.328 e. The van der Waals surface area contributed by atoms with Gasteiger partial charge in [0.15, 0.2) is 5.13 Å². The summed E-state index contributed by atoms with van der Waals surface area (Å²) in [7, 11) is 0. The van der Waals surface area contributed by atoms with Crippen LogP contribution in [0.1, 0.15) is 32.6 Å². The SMILES string of the molecule is CC(=O)Nc1cc(N(CC2CCCC2)C(=O)Nc2ncc(SCC(=O)O)s2)ccc1F. The van der Waals surface area contributed by atoms with E-state index in [0.29, 0.717) is 27.5 Å². The lowest BCUT2D eigenvalue weighted by Gasteiger charge is -2.26. The number of hydrogen-bond acceptors (Lipinski definition) is 6. The van der Waals surface area contributed by atoms with Crippen LogP contribution in [0.2, 0.25) is 0 Å². The van der Waals surface area contributed by atoms with E-state index >= 15 is 0 Å². The standard InChI is InChI=1S/C20H23FN4O4S2/c1-12(26)23-16-8-14(6-7-15(16)21)25(10-13-4-2-3-5-13)20(29)24-19-22-9-18(31-19)30-11-17(27)28/h6-9,13H,2-5,10-11H2,1H3,(H,23,26)(H,27,28)(H,22,24,29). The summed E-state index contributed by atoms with van der Waals surface area (Å²) >= 11 is 2.31. The second-order valence-electron chi connectivity index (χ2n) is 7.20. The van der Waals surface area contributed by atoms with Gasteiger partial charge in [0.05, 0.1) is 21.8 Å². The van der Waals surface area contributed by atoms with Gasteiger partial charge in [-0.2, -0.15) is 0 Å². The molecule has 0 saturated heterocycles. The number of hydrogen-bond donors (Lipinski definition) is 3. The van der Waals surface area contributed by atoms with Crippen molar-refractivity contribution in [3.63, 3.8) is 0 Å². The topological polar surface area (TPSA) is 112 Å². The highest BCUT2D eigenvalue weighted by molar-refractivity contribution is 8.01. The molecule has 1 saturated carbocycles. The Balaban J connectivity index is 1.79. The molecular weight excluding hydrogens is 443 g/mol. The van der Waals surface area contributed by atoms with Crippen LogP contribution in [0, 0.1) is 11.7 Å². The Morgan fingerprint density at radius 2 is 2.03 bits per heavy atom. The van der Waals surface area contributed by atoms with E-state index in [1.54, 1.807) is 0 Å². The maximum Gasteiger partial charge on any atom is 0.328 e. The minimum absolute atomic E-state index is 0.0100. The number of thiazole rings is 1. The molecule has 11 heteroatoms. The van der Waals surface area contributed by atoms with E-state index < -0.39 is 23.7 Å². The summed E-state index contributed by atoms with van der Waals surface area (Å²) in [6.07, 6.45) is 5.75. The van der Waals surface area contributed by atoms with Crippen LogP contribution in [-0.4, -0.2) is 40.3 Å². The van der Waals surface area contributed by atoms with Gasteiger partial charge in [-0.1, -0.05) is 24.2 Å². The molecule has 3 rings (SSSR count). The Kier molecular flexibility index (Phi) is 7.85. The van der Waals surface area contributed by atoms with Crippen LogP contribution in [0.5, 0.6) is 0 Å². The summed E-state index contributed by atoms with van der Waals surface area (Å²) in [6, 6.07) is 3.75. The molecule has 0 aliphatic heterocycles. The van der Waals surface area contributed by atoms with E-state index in [1.807, 2.05) is 0 Å². The third kappa shape index (κ3) is 6.66. The molecule has 0 bridgehead atoms. The summed E-state index contributed by atoms with van der Waals surface area (Å²) in [5, 5.41) is 14.3. The van der Waals surface area contributed by atoms with Gasteiger partial charge >= 0.3 is 12.0 Å². The number of aromatic nitrogens is 1. The molecule has 0 unspecified atom stereocenters. The highest BCUT2D eigenvalue weighted by Gasteiger charge is 2.25. The number of carboxylic acids is 1. The molecular formula is C20H23FN4O4S2. The Labute approximate surface area is 187 Å². The van der Waals surface area contributed by atoms with Crippen molar-refractivity contribution in [2.24, 2.45) is 5.92 Å². The molecule has 8 nitrogen and oxygen atoms in total. The van der Waals surface area contributed by atoms with Gasteiger partial charge < -0.3 is 10.4 Å². The van der Waals surface area contributed by atoms with Crippen molar-refractivity contribution in [1.29, 1.82) is 0 Å². The third-order valence-electron chi connectivity index (χ3n) is 4.77. The first kappa shape index (κ1) is 23.0. The van der Waals surface area contributed by atoms with E-state index in [9.17, 15) is 18.8 Å². The number of nitrogens with one attached hydrogen (secondary N) is 2. The van der Waals surface area contributed by atoms with Crippen LogP contribution in [-0.2, 0) is 9.59 Å². The second-order valence-corrected chi connectivity index (χ2v) is 9.51. The van der Waals surface area contributed by atoms with Crippen LogP contribution in [0.3, 0.4) is 0 Å². The number of benzene rings is 1. The largest absolute Gasteiger partial charge is 0.481 e. The first-order valence-corrected chi connectivity index (χ1v) is 11.6. The fourth-order valence-electron chi connectivity index (χ4n) is 3.40. The maximum atomic E-state index is 14.1. The highest BCUT2D eigenvalue weighted by atomic mass is 32.2. The molecule has 1 aliphatic rings. The van der Waals surface area contributed by atoms with Crippen molar-refractivity contribution in [3.05, 3.63) is 30.2 Å². The monoisotopic (exact) mass is 466 g/mol. The first-order valence-electron chi connectivity index (χ1n) is 9.78. The summed E-state index contributed by atoms with van der Waals surface area (Å²) in [5.41, 5.74) is 0.474. The van der Waals surface area contributed by atoms with Gasteiger partial charge in [-0.05, 0) is 37.0 Å². The predicted molar refractivity (Wildman–Crippen MR) is 120 cm³/mol. The summed E-state index contributed by atoms with van der Waals surface area (Å²) in [6.45, 7) is 1.75. The van der Waals surface area contributed by atoms with Gasteiger partial charge in [-0.25, -0.2) is 14.2 Å². The van der Waals surface area contributed by atoms with E-state index in [0.717, 1.165) is 37.4 Å². The number of halogens is 1. The number of aliphatic carboxylic acids is 1. The Morgan fingerprint density at radius 1 is 1.29 bits per heavy atom. The number of thioether (sulfide) groups is 1. The fraction of sp³-hybridized carbons (Fsp3) is 0.400. The third-order valence-corrected chi connectivity index (χ3v) is 6.86. The lowest BCUT2D eigenvalue weighted by Crippen LogP contribution is -2.38. The number of anilines is 3. The lowest BCUT2D eigenvalue weighted by atomic mass is 10.1. The number of amides is 3. The van der Waals surface area contributed by atoms with Crippen LogP contribution in [0.25, 0.3) is 0 Å². The Morgan fingerprint density at radius 3 is 2.71 bits per heavy atom. The molecule has 0 radical (unpaired) electrons. The van der Waals surface area contributed by atoms with E-state index in [1.165, 1.54) is 47.6 Å². The molecule has 1 heterocycles. The number of carboxylic acid groups (broad SMARTS) is 1. The van der Waals surface area contributed by atoms with Crippen molar-refractivity contribution in [2.75, 3.05) is 27.8 Å². The van der Waals surface area contributed by atoms with Crippen molar-refractivity contribution < 1.29 is 23.9 Å². The molecule has 166 valence electrons. The molecule has 2 aromatic rings. The first-order chi connectivity index (χ1) is 14.8. The maximum absolute atomic E-state index is 14.1. The average Bonchev–Trinajstić information content (AvgIpc) is 3.38. The molecule has 1 aliphatic carbocycles. The van der Waals surface area contributed by atoms with E-state index in [4.69, 9.17) is 5.11 Å². The van der Waals surface area contributed by atoms with Gasteiger partial charge in [0.25, 0.3) is 0 Å². The van der Waals surface area contributed by atoms with E-state index in [2.05, 4.69) is 15.6 Å². The zero-order valence-electron chi connectivity index (χ0n) is 16.9. The number of carbonyl (C=O) groups is 3. The molecule has 1 fully saturated rings. The second kappa shape index (κ2) is 10.6. The Hall–Kier alpha value is -2.66. The van der Waals surface area contributed by atoms with Crippen LogP contribution in [0.15, 0.2) is 28.6 Å². The molecule has 1 aromatic heterocycles. The molecule has 0 spiro atoms. The van der Waals surface area contributed by atoms with Crippen LogP contribution in [0.4, 0.5) is 25.7 Å². The fourth-order valence-corrected chi connectivity index (χ4v) is 4.98. The summed E-state index contributed by atoms with van der Waals surface area (Å²) < 4.78 is 14.8. The van der Waals surface area contributed by atoms with Crippen molar-refractivity contribution in [2.45, 2.75) is 36.8 Å². The number of urea groups is 1. The van der Waals surface area contributed by atoms with Gasteiger partial charge in [-0.15, -0.1) is 11.8 Å². The molecule has 3 N–H and O–H groups in total. The normalized spacial score (nSPS) is 13.7. The molecule has 3 amide bonds. The van der Waals surface area contributed by atoms with Crippen molar-refractivity contribution in [3.8, 4) is 0 Å². The molecule has 31 heavy (non-hydrogen) atoms. The van der Waals surface area contributed by atoms with Crippen molar-refractivity contribution in [1.82, 2.24) is 4.98 Å². The summed E-state index contributed by atoms with van der Waals surface area (Å²) in [5.74, 6) is -1.68. The summed E-state index contributed by atoms with van der Waals surface area (Å²) in [4.78, 5) is 40.9. The van der Waals surface area contributed by atoms with Gasteiger partial charge in [0, 0.05) is 19.2 Å². The highest BCUT2D eigenvalue weighted by Crippen LogP contribution is 2.31. The number of nitrogens with zero attached hydrogens (tertiary/aromatic N) is 2. The van der Waals surface area contributed by atoms with E-state index in [-0.39, 0.29) is 11.4 Å². The average molecular weight is 467 g/mol.